The minimum atomic E-state index is -0.566. The number of aromatic nitrogens is 1. The molecule has 0 unspecified atom stereocenters. The normalized spacial score (nSPS) is 10.7. The molecule has 23 heavy (non-hydrogen) atoms. The predicted octanol–water partition coefficient (Wildman–Crippen LogP) is 3.73. The van der Waals surface area contributed by atoms with Gasteiger partial charge in [0.1, 0.15) is 10.7 Å². The van der Waals surface area contributed by atoms with Crippen molar-refractivity contribution in [3.05, 3.63) is 46.1 Å². The lowest BCUT2D eigenvalue weighted by molar-refractivity contribution is -0.401. The fraction of sp³-hybridized carbons (Fsp3) is 0.188. The molecule has 0 aliphatic heterocycles. The fourth-order valence-electron chi connectivity index (χ4n) is 2.46. The molecule has 0 amide bonds. The first-order valence-corrected chi connectivity index (χ1v) is 6.81. The van der Waals surface area contributed by atoms with Gasteiger partial charge in [-0.3, -0.25) is 15.1 Å². The summed E-state index contributed by atoms with van der Waals surface area (Å²) in [5.74, 6) is 1.21. The summed E-state index contributed by atoms with van der Waals surface area (Å²) in [5, 5.41) is 11.6. The number of aryl methyl sites for hydroxylation is 1. The number of fused-ring (bicyclic) bond motifs is 1. The Morgan fingerprint density at radius 3 is 2.43 bits per heavy atom. The number of nitrogens with zero attached hydrogens (tertiary/aromatic N) is 2. The van der Waals surface area contributed by atoms with Gasteiger partial charge in [-0.15, -0.1) is 0 Å². The number of ether oxygens (including phenoxy) is 2. The first kappa shape index (κ1) is 14.8. The van der Waals surface area contributed by atoms with Crippen molar-refractivity contribution in [2.24, 2.45) is 0 Å². The van der Waals surface area contributed by atoms with Gasteiger partial charge in [0.2, 0.25) is 0 Å². The number of methoxy groups -OCH3 is 2. The Morgan fingerprint density at radius 1 is 1.13 bits per heavy atom. The SMILES string of the molecule is COc1cc2nc(C)cc(-c3ccc([N+](=O)[O-])o3)c2cc1OC. The van der Waals surface area contributed by atoms with Crippen molar-refractivity contribution in [2.75, 3.05) is 14.2 Å². The molecule has 118 valence electrons. The molecule has 0 spiro atoms. The first-order chi connectivity index (χ1) is 11.0. The van der Waals surface area contributed by atoms with E-state index in [0.717, 1.165) is 11.1 Å². The highest BCUT2D eigenvalue weighted by molar-refractivity contribution is 5.95. The summed E-state index contributed by atoms with van der Waals surface area (Å²) in [5.41, 5.74) is 2.16. The Morgan fingerprint density at radius 2 is 1.83 bits per heavy atom. The highest BCUT2D eigenvalue weighted by atomic mass is 16.6. The monoisotopic (exact) mass is 314 g/mol. The van der Waals surface area contributed by atoms with Crippen LogP contribution in [0.2, 0.25) is 0 Å². The van der Waals surface area contributed by atoms with E-state index >= 15 is 0 Å². The van der Waals surface area contributed by atoms with E-state index in [1.165, 1.54) is 6.07 Å². The molecule has 0 saturated heterocycles. The Bertz CT molecular complexity index is 901. The standard InChI is InChI=1S/C16H14N2O5/c1-9-6-11(13-4-5-16(23-13)18(19)20)10-7-14(21-2)15(22-3)8-12(10)17-9/h4-8H,1-3H3. The molecule has 0 fully saturated rings. The molecular formula is C16H14N2O5. The van der Waals surface area contributed by atoms with Crippen LogP contribution < -0.4 is 9.47 Å². The van der Waals surface area contributed by atoms with Crippen LogP contribution in [0, 0.1) is 17.0 Å². The van der Waals surface area contributed by atoms with Gasteiger partial charge < -0.3 is 13.9 Å². The fourth-order valence-corrected chi connectivity index (χ4v) is 2.46. The molecule has 0 saturated carbocycles. The van der Waals surface area contributed by atoms with E-state index in [1.54, 1.807) is 32.4 Å². The second kappa shape index (κ2) is 5.60. The summed E-state index contributed by atoms with van der Waals surface area (Å²) in [6.45, 7) is 1.84. The van der Waals surface area contributed by atoms with E-state index in [2.05, 4.69) is 4.98 Å². The van der Waals surface area contributed by atoms with Gasteiger partial charge in [0.15, 0.2) is 11.5 Å². The van der Waals surface area contributed by atoms with E-state index < -0.39 is 4.92 Å². The molecule has 1 aromatic carbocycles. The van der Waals surface area contributed by atoms with Crippen molar-refractivity contribution in [3.63, 3.8) is 0 Å². The maximum absolute atomic E-state index is 10.8. The molecule has 3 rings (SSSR count). The molecule has 0 radical (unpaired) electrons. The average molecular weight is 314 g/mol. The van der Waals surface area contributed by atoms with E-state index in [4.69, 9.17) is 13.9 Å². The molecule has 7 heteroatoms. The van der Waals surface area contributed by atoms with Gasteiger partial charge in [-0.2, -0.15) is 0 Å². The molecule has 3 aromatic rings. The largest absolute Gasteiger partial charge is 0.493 e. The van der Waals surface area contributed by atoms with Gasteiger partial charge in [-0.05, 0) is 25.1 Å². The van der Waals surface area contributed by atoms with Crippen LogP contribution >= 0.6 is 0 Å². The predicted molar refractivity (Wildman–Crippen MR) is 83.9 cm³/mol. The van der Waals surface area contributed by atoms with Gasteiger partial charge in [0, 0.05) is 22.7 Å². The molecule has 7 nitrogen and oxygen atoms in total. The van der Waals surface area contributed by atoms with Crippen LogP contribution in [0.1, 0.15) is 5.69 Å². The van der Waals surface area contributed by atoms with Crippen LogP contribution in [0.3, 0.4) is 0 Å². The topological polar surface area (TPSA) is 87.6 Å². The number of nitro groups is 1. The summed E-state index contributed by atoms with van der Waals surface area (Å²) in [7, 11) is 3.10. The number of hydrogen-bond acceptors (Lipinski definition) is 6. The summed E-state index contributed by atoms with van der Waals surface area (Å²) in [6.07, 6.45) is 0. The minimum absolute atomic E-state index is 0.303. The molecule has 2 heterocycles. The summed E-state index contributed by atoms with van der Waals surface area (Å²) < 4.78 is 15.9. The maximum Gasteiger partial charge on any atom is 0.433 e. The Kier molecular flexibility index (Phi) is 3.61. The van der Waals surface area contributed by atoms with Crippen LogP contribution in [0.5, 0.6) is 11.5 Å². The highest BCUT2D eigenvalue weighted by Crippen LogP contribution is 2.37. The molecule has 0 N–H and O–H groups in total. The van der Waals surface area contributed by atoms with Crippen molar-refractivity contribution in [2.45, 2.75) is 6.92 Å². The van der Waals surface area contributed by atoms with Crippen LogP contribution in [0.15, 0.2) is 34.7 Å². The average Bonchev–Trinajstić information content (AvgIpc) is 3.02. The smallest absolute Gasteiger partial charge is 0.433 e. The summed E-state index contributed by atoms with van der Waals surface area (Å²) in [6, 6.07) is 8.27. The minimum Gasteiger partial charge on any atom is -0.493 e. The van der Waals surface area contributed by atoms with Crippen molar-refractivity contribution in [1.82, 2.24) is 4.98 Å². The van der Waals surface area contributed by atoms with Crippen LogP contribution in [-0.4, -0.2) is 24.1 Å². The quantitative estimate of drug-likeness (QED) is 0.538. The molecule has 2 aromatic heterocycles. The number of pyridine rings is 1. The summed E-state index contributed by atoms with van der Waals surface area (Å²) >= 11 is 0. The van der Waals surface area contributed by atoms with E-state index in [-0.39, 0.29) is 5.88 Å². The zero-order valence-corrected chi connectivity index (χ0v) is 12.8. The second-order valence-electron chi connectivity index (χ2n) is 4.93. The highest BCUT2D eigenvalue weighted by Gasteiger charge is 2.17. The lowest BCUT2D eigenvalue weighted by atomic mass is 10.0. The molecule has 0 bridgehead atoms. The zero-order valence-electron chi connectivity index (χ0n) is 12.8. The third kappa shape index (κ3) is 2.57. The maximum atomic E-state index is 10.8. The lowest BCUT2D eigenvalue weighted by Crippen LogP contribution is -1.94. The number of furan rings is 1. The Hall–Kier alpha value is -3.09. The Balaban J connectivity index is 2.28. The first-order valence-electron chi connectivity index (χ1n) is 6.81. The molecule has 0 aliphatic rings. The van der Waals surface area contributed by atoms with Crippen molar-refractivity contribution in [3.8, 4) is 22.8 Å². The van der Waals surface area contributed by atoms with Crippen molar-refractivity contribution in [1.29, 1.82) is 0 Å². The van der Waals surface area contributed by atoms with E-state index in [9.17, 15) is 10.1 Å². The van der Waals surface area contributed by atoms with Crippen LogP contribution in [-0.2, 0) is 0 Å². The van der Waals surface area contributed by atoms with E-state index in [0.29, 0.717) is 28.3 Å². The van der Waals surface area contributed by atoms with Crippen molar-refractivity contribution >= 4 is 16.8 Å². The third-order valence-corrected chi connectivity index (χ3v) is 3.48. The van der Waals surface area contributed by atoms with Crippen molar-refractivity contribution < 1.29 is 18.8 Å². The van der Waals surface area contributed by atoms with Gasteiger partial charge in [0.25, 0.3) is 0 Å². The van der Waals surface area contributed by atoms with Gasteiger partial charge in [-0.1, -0.05) is 0 Å². The number of hydrogen-bond donors (Lipinski definition) is 0. The molecule has 0 aliphatic carbocycles. The number of rotatable bonds is 4. The second-order valence-corrected chi connectivity index (χ2v) is 4.93. The zero-order chi connectivity index (χ0) is 16.6. The summed E-state index contributed by atoms with van der Waals surface area (Å²) in [4.78, 5) is 14.7. The van der Waals surface area contributed by atoms with Gasteiger partial charge in [-0.25, -0.2) is 0 Å². The lowest BCUT2D eigenvalue weighted by Gasteiger charge is -2.11. The molecule has 0 atom stereocenters. The third-order valence-electron chi connectivity index (χ3n) is 3.48. The van der Waals surface area contributed by atoms with Gasteiger partial charge in [0.05, 0.1) is 25.8 Å². The number of benzene rings is 1. The molecular weight excluding hydrogens is 300 g/mol. The van der Waals surface area contributed by atoms with Crippen LogP contribution in [0.25, 0.3) is 22.2 Å². The van der Waals surface area contributed by atoms with Crippen LogP contribution in [0.4, 0.5) is 5.88 Å². The van der Waals surface area contributed by atoms with Gasteiger partial charge >= 0.3 is 5.88 Å². The Labute approximate surface area is 131 Å². The van der Waals surface area contributed by atoms with E-state index in [1.807, 2.05) is 13.0 Å².